The van der Waals surface area contributed by atoms with Crippen LogP contribution in [-0.2, 0) is 20.7 Å². The van der Waals surface area contributed by atoms with E-state index in [4.69, 9.17) is 9.47 Å². The maximum absolute atomic E-state index is 7.14. The van der Waals surface area contributed by atoms with Crippen molar-refractivity contribution >= 4 is 31.9 Å². The normalized spacial score (nSPS) is 20.5. The van der Waals surface area contributed by atoms with Crippen LogP contribution in [0.4, 0.5) is 0 Å². The van der Waals surface area contributed by atoms with E-state index in [1.807, 2.05) is 0 Å². The van der Waals surface area contributed by atoms with Crippen molar-refractivity contribution in [3.05, 3.63) is 140 Å². The van der Waals surface area contributed by atoms with Gasteiger partial charge in [-0.05, 0) is 34.4 Å². The maximum atomic E-state index is 7.14. The van der Waals surface area contributed by atoms with Gasteiger partial charge in [0, 0.05) is 31.2 Å². The van der Waals surface area contributed by atoms with Crippen LogP contribution in [0.5, 0.6) is 0 Å². The number of benzene rings is 4. The highest BCUT2D eigenvalue weighted by Crippen LogP contribution is 2.66. The Morgan fingerprint density at radius 1 is 0.429 bits per heavy atom. The van der Waals surface area contributed by atoms with Crippen molar-refractivity contribution in [2.45, 2.75) is 17.0 Å². The predicted octanol–water partition coefficient (Wildman–Crippen LogP) is 8.15. The molecular formula is C31H18Br2O2. The highest BCUT2D eigenvalue weighted by Gasteiger charge is 2.63. The zero-order chi connectivity index (χ0) is 23.4. The topological polar surface area (TPSA) is 18.5 Å². The van der Waals surface area contributed by atoms with Gasteiger partial charge in [-0.2, -0.15) is 0 Å². The van der Waals surface area contributed by atoms with Gasteiger partial charge in [0.15, 0.2) is 11.2 Å². The molecule has 35 heavy (non-hydrogen) atoms. The van der Waals surface area contributed by atoms with Crippen LogP contribution >= 0.6 is 31.9 Å². The molecule has 0 saturated carbocycles. The number of fused-ring (bicyclic) bond motifs is 10. The smallest absolute Gasteiger partial charge is 0.213 e. The van der Waals surface area contributed by atoms with Gasteiger partial charge in [0.05, 0.1) is 0 Å². The monoisotopic (exact) mass is 580 g/mol. The second kappa shape index (κ2) is 6.71. The summed E-state index contributed by atoms with van der Waals surface area (Å²) in [6, 6.07) is 34.0. The minimum absolute atomic E-state index is 0.764. The van der Waals surface area contributed by atoms with Gasteiger partial charge >= 0.3 is 0 Å². The largest absolute Gasteiger partial charge is 0.321 e. The van der Waals surface area contributed by atoms with E-state index in [2.05, 4.69) is 141 Å². The van der Waals surface area contributed by atoms with E-state index in [-0.39, 0.29) is 0 Å². The molecule has 0 unspecified atom stereocenters. The lowest BCUT2D eigenvalue weighted by Gasteiger charge is -2.35. The standard InChI is InChI=1S/C31H18Br2O2/c32-27-17-29(34-30(27)23-13-5-1-9-19(23)20-10-2-6-14-24(20)30)18-28(33)31(35-29)25-15-7-3-11-21(25)22-12-4-8-16-26(22)31/h1-18H. The second-order valence-electron chi connectivity index (χ2n) is 9.45. The summed E-state index contributed by atoms with van der Waals surface area (Å²) < 4.78 is 16.2. The van der Waals surface area contributed by atoms with E-state index in [0.29, 0.717) is 0 Å². The van der Waals surface area contributed by atoms with Crippen molar-refractivity contribution < 1.29 is 9.47 Å². The van der Waals surface area contributed by atoms with Gasteiger partial charge in [0.2, 0.25) is 5.79 Å². The first-order valence-electron chi connectivity index (χ1n) is 11.7. The third-order valence-corrected chi connectivity index (χ3v) is 9.33. The van der Waals surface area contributed by atoms with Crippen LogP contribution in [0.25, 0.3) is 22.3 Å². The Bertz CT molecular complexity index is 1430. The van der Waals surface area contributed by atoms with Crippen LogP contribution in [0, 0.1) is 0 Å². The Balaban J connectivity index is 1.34. The Labute approximate surface area is 220 Å². The van der Waals surface area contributed by atoms with E-state index in [1.54, 1.807) is 0 Å². The van der Waals surface area contributed by atoms with Crippen molar-refractivity contribution in [2.24, 2.45) is 0 Å². The predicted molar refractivity (Wildman–Crippen MR) is 144 cm³/mol. The third kappa shape index (κ3) is 2.32. The molecule has 0 fully saturated rings. The molecule has 2 heterocycles. The van der Waals surface area contributed by atoms with Gasteiger partial charge in [-0.15, -0.1) is 0 Å². The first-order valence-corrected chi connectivity index (χ1v) is 13.2. The van der Waals surface area contributed by atoms with Gasteiger partial charge in [-0.1, -0.05) is 129 Å². The van der Waals surface area contributed by atoms with Crippen LogP contribution in [0.15, 0.2) is 118 Å². The van der Waals surface area contributed by atoms with Crippen molar-refractivity contribution in [3.8, 4) is 22.3 Å². The second-order valence-corrected chi connectivity index (χ2v) is 11.2. The molecule has 0 amide bonds. The molecule has 4 aromatic carbocycles. The molecule has 4 aliphatic rings. The molecule has 8 rings (SSSR count). The van der Waals surface area contributed by atoms with Gasteiger partial charge in [0.1, 0.15) is 0 Å². The fraction of sp³-hybridized carbons (Fsp3) is 0.0968. The van der Waals surface area contributed by atoms with Crippen molar-refractivity contribution in [3.63, 3.8) is 0 Å². The first kappa shape index (κ1) is 20.4. The molecule has 0 saturated heterocycles. The molecule has 0 aromatic heterocycles. The fourth-order valence-electron chi connectivity index (χ4n) is 6.44. The van der Waals surface area contributed by atoms with Crippen LogP contribution in [0.2, 0.25) is 0 Å². The van der Waals surface area contributed by atoms with Crippen LogP contribution in [0.1, 0.15) is 22.3 Å². The van der Waals surface area contributed by atoms with Gasteiger partial charge < -0.3 is 9.47 Å². The summed E-state index contributed by atoms with van der Waals surface area (Å²) in [6.07, 6.45) is 4.18. The summed E-state index contributed by atoms with van der Waals surface area (Å²) in [5.41, 5.74) is 7.75. The summed E-state index contributed by atoms with van der Waals surface area (Å²) in [5.74, 6) is -1.05. The van der Waals surface area contributed by atoms with Crippen LogP contribution in [-0.4, -0.2) is 5.79 Å². The van der Waals surface area contributed by atoms with Gasteiger partial charge in [-0.25, -0.2) is 0 Å². The molecule has 2 aliphatic heterocycles. The molecule has 2 aliphatic carbocycles. The molecule has 168 valence electrons. The number of hydrogen-bond donors (Lipinski definition) is 0. The van der Waals surface area contributed by atoms with E-state index < -0.39 is 17.0 Å². The van der Waals surface area contributed by atoms with Crippen LogP contribution < -0.4 is 0 Å². The molecular weight excluding hydrogens is 564 g/mol. The van der Waals surface area contributed by atoms with Gasteiger partial charge in [-0.3, -0.25) is 0 Å². The van der Waals surface area contributed by atoms with Crippen molar-refractivity contribution in [1.29, 1.82) is 0 Å². The summed E-state index contributed by atoms with van der Waals surface area (Å²) in [6.45, 7) is 0. The fourth-order valence-corrected chi connectivity index (χ4v) is 8.09. The zero-order valence-electron chi connectivity index (χ0n) is 18.5. The van der Waals surface area contributed by atoms with E-state index in [1.165, 1.54) is 22.3 Å². The number of hydrogen-bond acceptors (Lipinski definition) is 2. The first-order chi connectivity index (χ1) is 17.1. The van der Waals surface area contributed by atoms with E-state index >= 15 is 0 Å². The molecule has 2 nitrogen and oxygen atoms in total. The summed E-state index contributed by atoms with van der Waals surface area (Å²) >= 11 is 7.88. The molecule has 4 heteroatoms. The van der Waals surface area contributed by atoms with E-state index in [9.17, 15) is 0 Å². The average molecular weight is 582 g/mol. The number of halogens is 2. The summed E-state index contributed by atoms with van der Waals surface area (Å²) in [4.78, 5) is 0. The lowest BCUT2D eigenvalue weighted by Crippen LogP contribution is -2.39. The molecule has 0 bridgehead atoms. The Kier molecular flexibility index (Phi) is 3.92. The van der Waals surface area contributed by atoms with Crippen molar-refractivity contribution in [2.75, 3.05) is 0 Å². The van der Waals surface area contributed by atoms with Crippen molar-refractivity contribution in [1.82, 2.24) is 0 Å². The van der Waals surface area contributed by atoms with Crippen LogP contribution in [0.3, 0.4) is 0 Å². The maximum Gasteiger partial charge on any atom is 0.213 e. The zero-order valence-corrected chi connectivity index (χ0v) is 21.6. The quantitative estimate of drug-likeness (QED) is 0.209. The third-order valence-electron chi connectivity index (χ3n) is 7.76. The Morgan fingerprint density at radius 2 is 0.714 bits per heavy atom. The molecule has 3 spiro atoms. The SMILES string of the molecule is BrC1=CC2(C=C(Br)C3(O2)c2ccccc2-c2ccccc23)OC12c1ccccc1-c1ccccc12. The summed E-state index contributed by atoms with van der Waals surface area (Å²) in [5, 5.41) is 0. The molecule has 0 radical (unpaired) electrons. The minimum Gasteiger partial charge on any atom is -0.321 e. The Morgan fingerprint density at radius 3 is 1.03 bits per heavy atom. The number of ether oxygens (including phenoxy) is 2. The minimum atomic E-state index is -1.05. The number of rotatable bonds is 0. The summed E-state index contributed by atoms with van der Waals surface area (Å²) in [7, 11) is 0. The molecule has 0 N–H and O–H groups in total. The lowest BCUT2D eigenvalue weighted by atomic mass is 9.92. The highest BCUT2D eigenvalue weighted by atomic mass is 79.9. The average Bonchev–Trinajstić information content (AvgIpc) is 3.54. The van der Waals surface area contributed by atoms with Gasteiger partial charge in [0.25, 0.3) is 0 Å². The van der Waals surface area contributed by atoms with E-state index in [0.717, 1.165) is 31.2 Å². The molecule has 0 atom stereocenters. The molecule has 4 aromatic rings. The Hall–Kier alpha value is -2.76. The lowest BCUT2D eigenvalue weighted by molar-refractivity contribution is -0.222. The highest BCUT2D eigenvalue weighted by molar-refractivity contribution is 9.12.